The molecule has 1 heterocycles. The van der Waals surface area contributed by atoms with Gasteiger partial charge in [-0.15, -0.1) is 0 Å². The van der Waals surface area contributed by atoms with E-state index < -0.39 is 0 Å². The van der Waals surface area contributed by atoms with Crippen LogP contribution in [-0.2, 0) is 17.6 Å². The summed E-state index contributed by atoms with van der Waals surface area (Å²) in [6, 6.07) is 12.8. The maximum Gasteiger partial charge on any atom is 0.223 e. The highest BCUT2D eigenvalue weighted by atomic mass is 16.3. The third-order valence-electron chi connectivity index (χ3n) is 5.70. The highest BCUT2D eigenvalue weighted by Crippen LogP contribution is 2.47. The molecular weight excluding hydrogens is 298 g/mol. The van der Waals surface area contributed by atoms with Crippen molar-refractivity contribution in [2.24, 2.45) is 5.92 Å². The number of fused-ring (bicyclic) bond motifs is 1. The van der Waals surface area contributed by atoms with Crippen LogP contribution in [0, 0.1) is 5.92 Å². The van der Waals surface area contributed by atoms with Gasteiger partial charge < -0.3 is 9.32 Å². The molecule has 3 heteroatoms. The molecular formula is C21H25NO2. The molecule has 2 aliphatic rings. The fourth-order valence-corrected chi connectivity index (χ4v) is 3.96. The van der Waals surface area contributed by atoms with Crippen molar-refractivity contribution in [3.63, 3.8) is 0 Å². The topological polar surface area (TPSA) is 33.5 Å². The molecule has 3 atom stereocenters. The molecule has 0 radical (unpaired) electrons. The van der Waals surface area contributed by atoms with Crippen LogP contribution < -0.4 is 0 Å². The van der Waals surface area contributed by atoms with E-state index in [0.29, 0.717) is 18.8 Å². The normalized spacial score (nSPS) is 24.7. The molecule has 3 nitrogen and oxygen atoms in total. The minimum Gasteiger partial charge on any atom is -0.466 e. The maximum absolute atomic E-state index is 12.6. The first-order valence-electron chi connectivity index (χ1n) is 9.05. The van der Waals surface area contributed by atoms with Crippen molar-refractivity contribution < 1.29 is 9.21 Å². The molecule has 0 bridgehead atoms. The van der Waals surface area contributed by atoms with Crippen LogP contribution in [0.2, 0.25) is 0 Å². The van der Waals surface area contributed by atoms with Gasteiger partial charge in [0, 0.05) is 25.8 Å². The van der Waals surface area contributed by atoms with Gasteiger partial charge in [0.2, 0.25) is 5.91 Å². The van der Waals surface area contributed by atoms with Crippen LogP contribution in [0.4, 0.5) is 0 Å². The molecule has 24 heavy (non-hydrogen) atoms. The molecule has 1 amide bonds. The molecule has 0 saturated heterocycles. The first kappa shape index (κ1) is 15.5. The molecule has 2 aromatic rings. The number of rotatable bonds is 5. The first-order valence-corrected chi connectivity index (χ1v) is 9.05. The standard InChI is InChI=1S/C21H25NO2/c1-14-13-18(14)20-11-8-16(24-20)9-12-21(23)22(2)19-10-7-15-5-3-4-6-17(15)19/h3-6,8,11,14,18-19H,7,9-10,12-13H2,1-2H3. The fourth-order valence-electron chi connectivity index (χ4n) is 3.96. The number of carbonyl (C=O) groups excluding carboxylic acids is 1. The van der Waals surface area contributed by atoms with Crippen LogP contribution in [0.3, 0.4) is 0 Å². The second-order valence-electron chi connectivity index (χ2n) is 7.38. The van der Waals surface area contributed by atoms with Gasteiger partial charge in [-0.1, -0.05) is 31.2 Å². The lowest BCUT2D eigenvalue weighted by molar-refractivity contribution is -0.132. The van der Waals surface area contributed by atoms with E-state index in [1.165, 1.54) is 17.5 Å². The Morgan fingerprint density at radius 1 is 1.25 bits per heavy atom. The zero-order chi connectivity index (χ0) is 16.7. The minimum atomic E-state index is 0.203. The Hall–Kier alpha value is -2.03. The van der Waals surface area contributed by atoms with Gasteiger partial charge in [-0.05, 0) is 48.4 Å². The molecule has 0 aliphatic heterocycles. The number of benzene rings is 1. The third kappa shape index (κ3) is 2.88. The van der Waals surface area contributed by atoms with Gasteiger partial charge in [-0.2, -0.15) is 0 Å². The van der Waals surface area contributed by atoms with Gasteiger partial charge >= 0.3 is 0 Å². The summed E-state index contributed by atoms with van der Waals surface area (Å²) in [7, 11) is 1.94. The Labute approximate surface area is 143 Å². The lowest BCUT2D eigenvalue weighted by Crippen LogP contribution is -2.30. The van der Waals surface area contributed by atoms with Crippen molar-refractivity contribution in [3.8, 4) is 0 Å². The second-order valence-corrected chi connectivity index (χ2v) is 7.38. The van der Waals surface area contributed by atoms with E-state index in [2.05, 4.69) is 37.3 Å². The Kier molecular flexibility index (Phi) is 3.95. The smallest absolute Gasteiger partial charge is 0.223 e. The summed E-state index contributed by atoms with van der Waals surface area (Å²) in [6.07, 6.45) is 4.54. The second kappa shape index (κ2) is 6.12. The van der Waals surface area contributed by atoms with Crippen LogP contribution >= 0.6 is 0 Å². The summed E-state index contributed by atoms with van der Waals surface area (Å²) in [5, 5.41) is 0. The van der Waals surface area contributed by atoms with Crippen LogP contribution in [0.1, 0.15) is 60.8 Å². The van der Waals surface area contributed by atoms with Crippen molar-refractivity contribution >= 4 is 5.91 Å². The quantitative estimate of drug-likeness (QED) is 0.813. The third-order valence-corrected chi connectivity index (χ3v) is 5.70. The lowest BCUT2D eigenvalue weighted by Gasteiger charge is -2.25. The molecule has 0 spiro atoms. The van der Waals surface area contributed by atoms with Crippen LogP contribution in [0.15, 0.2) is 40.8 Å². The molecule has 126 valence electrons. The summed E-state index contributed by atoms with van der Waals surface area (Å²) < 4.78 is 5.92. The zero-order valence-electron chi connectivity index (χ0n) is 14.5. The van der Waals surface area contributed by atoms with Crippen LogP contribution in [0.25, 0.3) is 0 Å². The van der Waals surface area contributed by atoms with E-state index in [0.717, 1.165) is 30.3 Å². The van der Waals surface area contributed by atoms with E-state index in [1.807, 2.05) is 18.0 Å². The molecule has 2 aliphatic carbocycles. The molecule has 1 aromatic carbocycles. The van der Waals surface area contributed by atoms with Crippen molar-refractivity contribution in [1.82, 2.24) is 4.90 Å². The van der Waals surface area contributed by atoms with Gasteiger partial charge in [-0.3, -0.25) is 4.79 Å². The summed E-state index contributed by atoms with van der Waals surface area (Å²) in [5.41, 5.74) is 2.70. The number of aryl methyl sites for hydroxylation is 2. The Bertz CT molecular complexity index is 748. The Morgan fingerprint density at radius 2 is 2.04 bits per heavy atom. The van der Waals surface area contributed by atoms with Gasteiger partial charge in [0.15, 0.2) is 0 Å². The van der Waals surface area contributed by atoms with Gasteiger partial charge in [0.1, 0.15) is 11.5 Å². The molecule has 1 saturated carbocycles. The van der Waals surface area contributed by atoms with Gasteiger partial charge in [0.25, 0.3) is 0 Å². The van der Waals surface area contributed by atoms with Gasteiger partial charge in [0.05, 0.1) is 6.04 Å². The maximum atomic E-state index is 12.6. The SMILES string of the molecule is CC1CC1c1ccc(CCC(=O)N(C)C2CCc3ccccc32)o1. The van der Waals surface area contributed by atoms with E-state index in [9.17, 15) is 4.79 Å². The fraction of sp³-hybridized carbons (Fsp3) is 0.476. The summed E-state index contributed by atoms with van der Waals surface area (Å²) in [6.45, 7) is 2.25. The molecule has 0 N–H and O–H groups in total. The number of hydrogen-bond donors (Lipinski definition) is 0. The van der Waals surface area contributed by atoms with E-state index in [-0.39, 0.29) is 11.9 Å². The average molecular weight is 323 g/mol. The lowest BCUT2D eigenvalue weighted by atomic mass is 10.1. The number of amides is 1. The van der Waals surface area contributed by atoms with Crippen molar-refractivity contribution in [1.29, 1.82) is 0 Å². The molecule has 1 aromatic heterocycles. The number of hydrogen-bond acceptors (Lipinski definition) is 2. The summed E-state index contributed by atoms with van der Waals surface area (Å²) in [4.78, 5) is 14.5. The predicted molar refractivity (Wildman–Crippen MR) is 93.8 cm³/mol. The number of furan rings is 1. The van der Waals surface area contributed by atoms with E-state index >= 15 is 0 Å². The Morgan fingerprint density at radius 3 is 2.83 bits per heavy atom. The van der Waals surface area contributed by atoms with Gasteiger partial charge in [-0.25, -0.2) is 0 Å². The zero-order valence-corrected chi connectivity index (χ0v) is 14.5. The highest BCUT2D eigenvalue weighted by Gasteiger charge is 2.36. The van der Waals surface area contributed by atoms with Crippen molar-refractivity contribution in [2.75, 3.05) is 7.05 Å². The van der Waals surface area contributed by atoms with E-state index in [4.69, 9.17) is 4.42 Å². The predicted octanol–water partition coefficient (Wildman–Crippen LogP) is 4.48. The monoisotopic (exact) mass is 323 g/mol. The first-order chi connectivity index (χ1) is 11.6. The Balaban J connectivity index is 1.35. The average Bonchev–Trinajstić information content (AvgIpc) is 3.03. The summed E-state index contributed by atoms with van der Waals surface area (Å²) in [5.74, 6) is 3.60. The van der Waals surface area contributed by atoms with Crippen LogP contribution in [0.5, 0.6) is 0 Å². The largest absolute Gasteiger partial charge is 0.466 e. The van der Waals surface area contributed by atoms with Crippen LogP contribution in [-0.4, -0.2) is 17.9 Å². The molecule has 1 fully saturated rings. The molecule has 3 unspecified atom stereocenters. The highest BCUT2D eigenvalue weighted by molar-refractivity contribution is 5.76. The van der Waals surface area contributed by atoms with Crippen molar-refractivity contribution in [3.05, 3.63) is 59.0 Å². The van der Waals surface area contributed by atoms with Crippen molar-refractivity contribution in [2.45, 2.75) is 51.0 Å². The van der Waals surface area contributed by atoms with E-state index in [1.54, 1.807) is 0 Å². The number of carbonyl (C=O) groups is 1. The minimum absolute atomic E-state index is 0.203. The number of nitrogens with zero attached hydrogens (tertiary/aromatic N) is 1. The summed E-state index contributed by atoms with van der Waals surface area (Å²) >= 11 is 0. The molecule has 4 rings (SSSR count).